The number of benzene rings is 1. The van der Waals surface area contributed by atoms with Crippen LogP contribution in [0.25, 0.3) is 0 Å². The van der Waals surface area contributed by atoms with Crippen LogP contribution in [0.1, 0.15) is 10.4 Å². The number of hydrogen-bond donors (Lipinski definition) is 2. The van der Waals surface area contributed by atoms with Crippen LogP contribution in [0.3, 0.4) is 0 Å². The fourth-order valence-electron chi connectivity index (χ4n) is 0.851. The summed E-state index contributed by atoms with van der Waals surface area (Å²) in [5.74, 6) is -0.362. The van der Waals surface area contributed by atoms with Crippen molar-refractivity contribution in [1.29, 1.82) is 0 Å². The molecule has 0 aliphatic heterocycles. The summed E-state index contributed by atoms with van der Waals surface area (Å²) in [6.07, 6.45) is 0.288. The van der Waals surface area contributed by atoms with Gasteiger partial charge >= 0.3 is 0 Å². The maximum Gasteiger partial charge on any atom is 0.295 e. The number of phenols is 1. The van der Waals surface area contributed by atoms with Gasteiger partial charge in [0.05, 0.1) is 5.56 Å². The Kier molecular flexibility index (Phi) is 2.93. The van der Waals surface area contributed by atoms with Crippen molar-refractivity contribution >= 4 is 32.3 Å². The van der Waals surface area contributed by atoms with Crippen LogP contribution in [0.5, 0.6) is 5.75 Å². The van der Waals surface area contributed by atoms with Gasteiger partial charge < -0.3 is 5.11 Å². The minimum absolute atomic E-state index is 0.0110. The van der Waals surface area contributed by atoms with Crippen molar-refractivity contribution in [1.82, 2.24) is 0 Å². The van der Waals surface area contributed by atoms with E-state index in [1.165, 1.54) is 0 Å². The van der Waals surface area contributed by atoms with Crippen molar-refractivity contribution in [2.24, 2.45) is 0 Å². The molecular weight excluding hydrogens is 276 g/mol. The van der Waals surface area contributed by atoms with Gasteiger partial charge in [-0.2, -0.15) is 8.42 Å². The van der Waals surface area contributed by atoms with Gasteiger partial charge in [0.2, 0.25) is 0 Å². The zero-order valence-corrected chi connectivity index (χ0v) is 9.04. The summed E-state index contributed by atoms with van der Waals surface area (Å²) in [6.45, 7) is 0. The lowest BCUT2D eigenvalue weighted by atomic mass is 10.2. The molecule has 0 aliphatic carbocycles. The van der Waals surface area contributed by atoms with Crippen LogP contribution in [-0.4, -0.2) is 24.4 Å². The van der Waals surface area contributed by atoms with E-state index in [1.54, 1.807) is 0 Å². The van der Waals surface area contributed by atoms with Crippen LogP contribution in [0.15, 0.2) is 21.5 Å². The van der Waals surface area contributed by atoms with E-state index in [0.29, 0.717) is 0 Å². The van der Waals surface area contributed by atoms with Crippen LogP contribution in [0.4, 0.5) is 0 Å². The molecule has 1 aromatic carbocycles. The first-order chi connectivity index (χ1) is 6.36. The largest absolute Gasteiger partial charge is 0.507 e. The van der Waals surface area contributed by atoms with E-state index in [-0.39, 0.29) is 22.1 Å². The van der Waals surface area contributed by atoms with Crippen LogP contribution >= 0.6 is 15.9 Å². The molecule has 0 radical (unpaired) electrons. The fourth-order valence-corrected chi connectivity index (χ4v) is 2.38. The Morgan fingerprint density at radius 1 is 1.36 bits per heavy atom. The molecule has 0 unspecified atom stereocenters. The fraction of sp³-hybridized carbons (Fsp3) is 0. The normalized spacial score (nSPS) is 11.3. The second kappa shape index (κ2) is 3.68. The summed E-state index contributed by atoms with van der Waals surface area (Å²) in [7, 11) is -4.40. The van der Waals surface area contributed by atoms with Crippen molar-refractivity contribution < 1.29 is 22.9 Å². The average Bonchev–Trinajstić information content (AvgIpc) is 2.02. The van der Waals surface area contributed by atoms with E-state index in [1.807, 2.05) is 0 Å². The Labute approximate surface area is 88.2 Å². The highest BCUT2D eigenvalue weighted by Gasteiger charge is 2.17. The Morgan fingerprint density at radius 3 is 2.36 bits per heavy atom. The van der Waals surface area contributed by atoms with Crippen LogP contribution in [0, 0.1) is 0 Å². The van der Waals surface area contributed by atoms with Gasteiger partial charge in [-0.25, -0.2) is 0 Å². The molecule has 76 valence electrons. The zero-order valence-electron chi connectivity index (χ0n) is 6.64. The molecule has 1 aromatic rings. The first kappa shape index (κ1) is 11.2. The van der Waals surface area contributed by atoms with Crippen molar-refractivity contribution in [2.45, 2.75) is 4.90 Å². The second-order valence-corrected chi connectivity index (χ2v) is 4.68. The van der Waals surface area contributed by atoms with Gasteiger partial charge in [0.1, 0.15) is 10.6 Å². The molecule has 0 fully saturated rings. The second-order valence-electron chi connectivity index (χ2n) is 2.43. The molecular formula is C7H5BrO5S. The van der Waals surface area contributed by atoms with E-state index < -0.39 is 15.0 Å². The molecule has 14 heavy (non-hydrogen) atoms. The summed E-state index contributed by atoms with van der Waals surface area (Å²) in [5, 5.41) is 9.14. The average molecular weight is 281 g/mol. The molecule has 0 bridgehead atoms. The van der Waals surface area contributed by atoms with Gasteiger partial charge in [-0.15, -0.1) is 0 Å². The third-order valence-electron chi connectivity index (χ3n) is 1.49. The Balaban J connectivity index is 3.55. The number of rotatable bonds is 2. The van der Waals surface area contributed by atoms with Gasteiger partial charge in [0.25, 0.3) is 10.1 Å². The Bertz CT molecular complexity index is 479. The third-order valence-corrected chi connectivity index (χ3v) is 3.30. The van der Waals surface area contributed by atoms with E-state index >= 15 is 0 Å². The number of hydrogen-bond acceptors (Lipinski definition) is 4. The molecule has 0 saturated heterocycles. The van der Waals surface area contributed by atoms with E-state index in [9.17, 15) is 13.2 Å². The summed E-state index contributed by atoms with van der Waals surface area (Å²) in [4.78, 5) is 9.91. The van der Waals surface area contributed by atoms with Crippen LogP contribution in [0.2, 0.25) is 0 Å². The van der Waals surface area contributed by atoms with Crippen molar-refractivity contribution in [3.05, 3.63) is 22.2 Å². The highest BCUT2D eigenvalue weighted by molar-refractivity contribution is 9.10. The first-order valence-electron chi connectivity index (χ1n) is 3.31. The van der Waals surface area contributed by atoms with Crippen molar-refractivity contribution in [2.75, 3.05) is 0 Å². The predicted molar refractivity (Wildman–Crippen MR) is 51.0 cm³/mol. The summed E-state index contributed by atoms with van der Waals surface area (Å²) in [5.41, 5.74) is -0.208. The number of phenolic OH excluding ortho intramolecular Hbond substituents is 1. The number of carbonyl (C=O) groups is 1. The van der Waals surface area contributed by atoms with Gasteiger partial charge in [0, 0.05) is 4.47 Å². The molecule has 0 atom stereocenters. The molecule has 0 heterocycles. The standard InChI is InChI=1S/C7H5BrO5S/c8-5-2-6(10)4(3-9)1-7(5)14(11,12)13/h1-3,10H,(H,11,12,13). The van der Waals surface area contributed by atoms with E-state index in [4.69, 9.17) is 9.66 Å². The molecule has 0 aliphatic rings. The van der Waals surface area contributed by atoms with Crippen LogP contribution in [-0.2, 0) is 10.1 Å². The molecule has 0 aromatic heterocycles. The highest BCUT2D eigenvalue weighted by atomic mass is 79.9. The quantitative estimate of drug-likeness (QED) is 0.628. The third kappa shape index (κ3) is 2.11. The minimum Gasteiger partial charge on any atom is -0.507 e. The monoisotopic (exact) mass is 280 g/mol. The summed E-state index contributed by atoms with van der Waals surface area (Å²) < 4.78 is 30.2. The van der Waals surface area contributed by atoms with Gasteiger partial charge in [-0.1, -0.05) is 0 Å². The predicted octanol–water partition coefficient (Wildman–Crippen LogP) is 1.21. The van der Waals surface area contributed by atoms with Gasteiger partial charge in [-0.3, -0.25) is 9.35 Å². The molecule has 7 heteroatoms. The maximum absolute atomic E-state index is 10.8. The van der Waals surface area contributed by atoms with Gasteiger partial charge in [-0.05, 0) is 28.1 Å². The number of aldehydes is 1. The maximum atomic E-state index is 10.8. The van der Waals surface area contributed by atoms with E-state index in [0.717, 1.165) is 12.1 Å². The molecule has 0 amide bonds. The first-order valence-corrected chi connectivity index (χ1v) is 5.54. The lowest BCUT2D eigenvalue weighted by molar-refractivity contribution is 0.112. The molecule has 2 N–H and O–H groups in total. The van der Waals surface area contributed by atoms with E-state index in [2.05, 4.69) is 15.9 Å². The molecule has 5 nitrogen and oxygen atoms in total. The van der Waals surface area contributed by atoms with Crippen molar-refractivity contribution in [3.8, 4) is 5.75 Å². The number of halogens is 1. The lowest BCUT2D eigenvalue weighted by Gasteiger charge is -2.03. The highest BCUT2D eigenvalue weighted by Crippen LogP contribution is 2.28. The number of aromatic hydroxyl groups is 1. The summed E-state index contributed by atoms with van der Waals surface area (Å²) >= 11 is 2.83. The molecule has 0 saturated carbocycles. The van der Waals surface area contributed by atoms with Crippen LogP contribution < -0.4 is 0 Å². The smallest absolute Gasteiger partial charge is 0.295 e. The SMILES string of the molecule is O=Cc1cc(S(=O)(=O)O)c(Br)cc1O. The molecule has 1 rings (SSSR count). The lowest BCUT2D eigenvalue weighted by Crippen LogP contribution is -2.00. The Morgan fingerprint density at radius 2 is 1.93 bits per heavy atom. The summed E-state index contributed by atoms with van der Waals surface area (Å²) in [6, 6.07) is 1.90. The number of carbonyl (C=O) groups excluding carboxylic acids is 1. The molecule has 0 spiro atoms. The Hall–Kier alpha value is -0.920. The van der Waals surface area contributed by atoms with Gasteiger partial charge in [0.15, 0.2) is 6.29 Å². The van der Waals surface area contributed by atoms with Crippen molar-refractivity contribution in [3.63, 3.8) is 0 Å². The topological polar surface area (TPSA) is 91.7 Å². The minimum atomic E-state index is -4.40. The zero-order chi connectivity index (χ0) is 10.9.